The Labute approximate surface area is 184 Å². The lowest BCUT2D eigenvalue weighted by Gasteiger charge is -2.11. The van der Waals surface area contributed by atoms with E-state index >= 15 is 0 Å². The molecule has 0 saturated carbocycles. The molecule has 7 nitrogen and oxygen atoms in total. The quantitative estimate of drug-likeness (QED) is 0.463. The number of nitriles is 1. The molecule has 0 aliphatic rings. The molecule has 2 aromatic carbocycles. The van der Waals surface area contributed by atoms with Gasteiger partial charge in [0.05, 0.1) is 17.6 Å². The van der Waals surface area contributed by atoms with Crippen molar-refractivity contribution in [3.05, 3.63) is 83.8 Å². The Morgan fingerprint density at radius 2 is 1.87 bits per heavy atom. The first-order valence-corrected chi connectivity index (χ1v) is 10.6. The van der Waals surface area contributed by atoms with E-state index in [-0.39, 0.29) is 11.7 Å². The molecule has 0 spiro atoms. The van der Waals surface area contributed by atoms with Crippen molar-refractivity contribution in [2.45, 2.75) is 19.0 Å². The molecule has 0 unspecified atom stereocenters. The van der Waals surface area contributed by atoms with Gasteiger partial charge in [-0.2, -0.15) is 10.4 Å². The fourth-order valence-corrected chi connectivity index (χ4v) is 4.07. The van der Waals surface area contributed by atoms with Gasteiger partial charge in [0.2, 0.25) is 5.91 Å². The lowest BCUT2D eigenvalue weighted by Crippen LogP contribution is -2.18. The molecule has 4 rings (SSSR count). The summed E-state index contributed by atoms with van der Waals surface area (Å²) in [6, 6.07) is 17.7. The number of anilines is 1. The SMILES string of the molecule is Cc1cc(C)cc(-n2ccnc2SCC(=O)Nc2c(C#N)cnn2-c2ccccc2)c1. The Hall–Kier alpha value is -3.83. The summed E-state index contributed by atoms with van der Waals surface area (Å²) in [6.45, 7) is 4.10. The zero-order valence-electron chi connectivity index (χ0n) is 17.1. The average molecular weight is 429 g/mol. The molecule has 8 heteroatoms. The maximum absolute atomic E-state index is 12.7. The molecule has 0 fully saturated rings. The monoisotopic (exact) mass is 428 g/mol. The number of hydrogen-bond acceptors (Lipinski definition) is 5. The van der Waals surface area contributed by atoms with E-state index in [9.17, 15) is 10.1 Å². The van der Waals surface area contributed by atoms with E-state index < -0.39 is 0 Å². The van der Waals surface area contributed by atoms with Gasteiger partial charge in [0.1, 0.15) is 11.6 Å². The molecule has 31 heavy (non-hydrogen) atoms. The van der Waals surface area contributed by atoms with Gasteiger partial charge >= 0.3 is 0 Å². The molecular weight excluding hydrogens is 408 g/mol. The third kappa shape index (κ3) is 4.52. The predicted molar refractivity (Wildman–Crippen MR) is 121 cm³/mol. The van der Waals surface area contributed by atoms with Gasteiger partial charge in [-0.3, -0.25) is 9.36 Å². The van der Waals surface area contributed by atoms with Crippen molar-refractivity contribution >= 4 is 23.5 Å². The van der Waals surface area contributed by atoms with Gasteiger partial charge in [0, 0.05) is 18.1 Å². The van der Waals surface area contributed by atoms with Crippen LogP contribution in [-0.4, -0.2) is 31.0 Å². The zero-order valence-corrected chi connectivity index (χ0v) is 17.9. The van der Waals surface area contributed by atoms with E-state index in [0.717, 1.165) is 27.7 Å². The summed E-state index contributed by atoms with van der Waals surface area (Å²) in [5.41, 5.74) is 4.40. The molecule has 154 valence electrons. The number of hydrogen-bond donors (Lipinski definition) is 1. The minimum absolute atomic E-state index is 0.145. The van der Waals surface area contributed by atoms with Crippen molar-refractivity contribution in [3.8, 4) is 17.4 Å². The summed E-state index contributed by atoms with van der Waals surface area (Å²) in [6.07, 6.45) is 5.05. The lowest BCUT2D eigenvalue weighted by atomic mass is 10.1. The number of aryl methyl sites for hydroxylation is 2. The number of carbonyl (C=O) groups is 1. The molecule has 0 bridgehead atoms. The number of aromatic nitrogens is 4. The highest BCUT2D eigenvalue weighted by molar-refractivity contribution is 7.99. The van der Waals surface area contributed by atoms with Crippen LogP contribution in [0.3, 0.4) is 0 Å². The third-order valence-corrected chi connectivity index (χ3v) is 5.54. The van der Waals surface area contributed by atoms with Gasteiger partial charge in [-0.25, -0.2) is 9.67 Å². The highest BCUT2D eigenvalue weighted by Crippen LogP contribution is 2.24. The second-order valence-electron chi connectivity index (χ2n) is 7.03. The van der Waals surface area contributed by atoms with Gasteiger partial charge in [0.25, 0.3) is 0 Å². The van der Waals surface area contributed by atoms with E-state index in [1.807, 2.05) is 41.1 Å². The highest BCUT2D eigenvalue weighted by Gasteiger charge is 2.16. The molecule has 2 aromatic heterocycles. The number of benzene rings is 2. The van der Waals surface area contributed by atoms with Crippen molar-refractivity contribution in [3.63, 3.8) is 0 Å². The number of amides is 1. The minimum atomic E-state index is -0.242. The Morgan fingerprint density at radius 1 is 1.13 bits per heavy atom. The molecule has 1 amide bonds. The number of carbonyl (C=O) groups excluding carboxylic acids is 1. The average Bonchev–Trinajstić information content (AvgIpc) is 3.39. The van der Waals surface area contributed by atoms with Gasteiger partial charge < -0.3 is 5.32 Å². The molecule has 4 aromatic rings. The van der Waals surface area contributed by atoms with Crippen molar-refractivity contribution in [1.29, 1.82) is 5.26 Å². The first-order chi connectivity index (χ1) is 15.0. The van der Waals surface area contributed by atoms with Crippen LogP contribution in [0.4, 0.5) is 5.82 Å². The summed E-state index contributed by atoms with van der Waals surface area (Å²) >= 11 is 1.33. The largest absolute Gasteiger partial charge is 0.309 e. The topological polar surface area (TPSA) is 88.5 Å². The normalized spacial score (nSPS) is 10.6. The molecule has 2 heterocycles. The number of nitrogens with one attached hydrogen (secondary N) is 1. The third-order valence-electron chi connectivity index (χ3n) is 4.57. The maximum Gasteiger partial charge on any atom is 0.236 e. The minimum Gasteiger partial charge on any atom is -0.309 e. The lowest BCUT2D eigenvalue weighted by molar-refractivity contribution is -0.113. The van der Waals surface area contributed by atoms with Crippen molar-refractivity contribution in [1.82, 2.24) is 19.3 Å². The van der Waals surface area contributed by atoms with Gasteiger partial charge in [-0.05, 0) is 49.2 Å². The Kier molecular flexibility index (Phi) is 5.87. The first-order valence-electron chi connectivity index (χ1n) is 9.63. The number of rotatable bonds is 6. The molecule has 0 saturated heterocycles. The summed E-state index contributed by atoms with van der Waals surface area (Å²) in [5.74, 6) is 0.262. The van der Waals surface area contributed by atoms with Crippen LogP contribution in [0, 0.1) is 25.2 Å². The number of nitrogens with zero attached hydrogens (tertiary/aromatic N) is 5. The molecular formula is C23H20N6OS. The summed E-state index contributed by atoms with van der Waals surface area (Å²) < 4.78 is 3.52. The fourth-order valence-electron chi connectivity index (χ4n) is 3.30. The van der Waals surface area contributed by atoms with Crippen LogP contribution >= 0.6 is 11.8 Å². The van der Waals surface area contributed by atoms with Gasteiger partial charge in [-0.1, -0.05) is 36.0 Å². The zero-order chi connectivity index (χ0) is 21.8. The molecule has 0 radical (unpaired) electrons. The first kappa shape index (κ1) is 20.4. The molecule has 1 N–H and O–H groups in total. The summed E-state index contributed by atoms with van der Waals surface area (Å²) in [4.78, 5) is 17.1. The van der Waals surface area contributed by atoms with E-state index in [0.29, 0.717) is 11.4 Å². The van der Waals surface area contributed by atoms with E-state index in [1.54, 1.807) is 10.9 Å². The fraction of sp³-hybridized carbons (Fsp3) is 0.130. The number of para-hydroxylation sites is 1. The summed E-state index contributed by atoms with van der Waals surface area (Å²) in [5, 5.41) is 17.2. The Balaban J connectivity index is 1.50. The predicted octanol–water partition coefficient (Wildman–Crippen LogP) is 4.28. The van der Waals surface area contributed by atoms with Crippen LogP contribution < -0.4 is 5.32 Å². The van der Waals surface area contributed by atoms with Crippen LogP contribution in [0.15, 0.2) is 72.3 Å². The second-order valence-corrected chi connectivity index (χ2v) is 7.97. The molecule has 0 aliphatic heterocycles. The van der Waals surface area contributed by atoms with E-state index in [4.69, 9.17) is 0 Å². The Bertz CT molecular complexity index is 1250. The van der Waals surface area contributed by atoms with Gasteiger partial charge in [0.15, 0.2) is 11.0 Å². The molecule has 0 atom stereocenters. The van der Waals surface area contributed by atoms with Crippen molar-refractivity contribution in [2.24, 2.45) is 0 Å². The van der Waals surface area contributed by atoms with Crippen LogP contribution in [0.5, 0.6) is 0 Å². The number of imidazole rings is 1. The van der Waals surface area contributed by atoms with Crippen LogP contribution in [0.25, 0.3) is 11.4 Å². The Morgan fingerprint density at radius 3 is 2.58 bits per heavy atom. The van der Waals surface area contributed by atoms with Crippen molar-refractivity contribution < 1.29 is 4.79 Å². The second kappa shape index (κ2) is 8.90. The standard InChI is InChI=1S/C23H20N6OS/c1-16-10-17(2)12-20(11-16)28-9-8-25-23(28)31-15-21(30)27-22-18(13-24)14-26-29(22)19-6-4-3-5-7-19/h3-12,14H,15H2,1-2H3,(H,27,30). The van der Waals surface area contributed by atoms with Crippen LogP contribution in [0.1, 0.15) is 16.7 Å². The van der Waals surface area contributed by atoms with Gasteiger partial charge in [-0.15, -0.1) is 0 Å². The van der Waals surface area contributed by atoms with E-state index in [1.165, 1.54) is 18.0 Å². The highest BCUT2D eigenvalue weighted by atomic mass is 32.2. The molecule has 0 aliphatic carbocycles. The maximum atomic E-state index is 12.7. The van der Waals surface area contributed by atoms with Crippen LogP contribution in [-0.2, 0) is 4.79 Å². The number of thioether (sulfide) groups is 1. The smallest absolute Gasteiger partial charge is 0.236 e. The summed E-state index contributed by atoms with van der Waals surface area (Å²) in [7, 11) is 0. The van der Waals surface area contributed by atoms with Crippen LogP contribution in [0.2, 0.25) is 0 Å². The van der Waals surface area contributed by atoms with E-state index in [2.05, 4.69) is 53.5 Å². The van der Waals surface area contributed by atoms with Crippen molar-refractivity contribution in [2.75, 3.05) is 11.1 Å².